The molecule has 2 aliphatic heterocycles. The lowest BCUT2D eigenvalue weighted by Crippen LogP contribution is -2.60. The molecule has 0 bridgehead atoms. The summed E-state index contributed by atoms with van der Waals surface area (Å²) < 4.78 is 33.1. The normalized spacial score (nSPS) is 48.4. The van der Waals surface area contributed by atoms with Crippen LogP contribution in [0.25, 0.3) is 0 Å². The van der Waals surface area contributed by atoms with Crippen molar-refractivity contribution in [2.75, 3.05) is 21.3 Å². The molecular formula is C15H28O8. The molecule has 0 amide bonds. The molecule has 8 nitrogen and oxygen atoms in total. The van der Waals surface area contributed by atoms with Gasteiger partial charge in [0.15, 0.2) is 12.6 Å². The lowest BCUT2D eigenvalue weighted by molar-refractivity contribution is -0.335. The first-order chi connectivity index (χ1) is 10.9. The Kier molecular flexibility index (Phi) is 6.76. The zero-order chi connectivity index (χ0) is 17.1. The van der Waals surface area contributed by atoms with E-state index < -0.39 is 43.1 Å². The second-order valence-electron chi connectivity index (χ2n) is 6.01. The molecule has 8 heteroatoms. The van der Waals surface area contributed by atoms with Gasteiger partial charge in [-0.2, -0.15) is 0 Å². The van der Waals surface area contributed by atoms with Gasteiger partial charge in [0.2, 0.25) is 0 Å². The van der Waals surface area contributed by atoms with Crippen LogP contribution in [0.15, 0.2) is 0 Å². The summed E-state index contributed by atoms with van der Waals surface area (Å²) in [4.78, 5) is 0. The van der Waals surface area contributed by atoms with Gasteiger partial charge < -0.3 is 38.6 Å². The summed E-state index contributed by atoms with van der Waals surface area (Å²) in [5, 5.41) is 20.3. The molecule has 2 N–H and O–H groups in total. The van der Waals surface area contributed by atoms with E-state index in [9.17, 15) is 10.2 Å². The number of aliphatic hydroxyl groups excluding tert-OH is 2. The van der Waals surface area contributed by atoms with Crippen molar-refractivity contribution in [3.63, 3.8) is 0 Å². The molecule has 2 saturated heterocycles. The maximum Gasteiger partial charge on any atom is 0.186 e. The van der Waals surface area contributed by atoms with Gasteiger partial charge in [0.05, 0.1) is 18.3 Å². The fourth-order valence-electron chi connectivity index (χ4n) is 3.15. The Bertz CT molecular complexity index is 367. The predicted octanol–water partition coefficient (Wildman–Crippen LogP) is -0.350. The molecule has 0 spiro atoms. The van der Waals surface area contributed by atoms with Crippen LogP contribution in [0.2, 0.25) is 0 Å². The van der Waals surface area contributed by atoms with Crippen LogP contribution in [0.1, 0.15) is 20.3 Å². The number of methoxy groups -OCH3 is 3. The van der Waals surface area contributed by atoms with Crippen molar-refractivity contribution in [1.29, 1.82) is 0 Å². The Hall–Kier alpha value is -0.320. The maximum atomic E-state index is 10.3. The minimum Gasteiger partial charge on any atom is -0.388 e. The van der Waals surface area contributed by atoms with Gasteiger partial charge in [0, 0.05) is 27.8 Å². The lowest BCUT2D eigenvalue weighted by Gasteiger charge is -2.45. The molecule has 2 rings (SSSR count). The SMILES string of the molecule is CO[C@@H]1O[C@@H](C)[C@H](O[C@H]2C[C@H](OC)[C@H](O)[C@@H](C)O2)[C@H](OC)[C@@H]1O. The molecule has 0 unspecified atom stereocenters. The third-order valence-electron chi connectivity index (χ3n) is 4.52. The molecule has 2 heterocycles. The van der Waals surface area contributed by atoms with E-state index in [0.29, 0.717) is 6.42 Å². The zero-order valence-corrected chi connectivity index (χ0v) is 14.2. The van der Waals surface area contributed by atoms with E-state index >= 15 is 0 Å². The molecule has 0 aromatic rings. The van der Waals surface area contributed by atoms with Crippen molar-refractivity contribution in [3.05, 3.63) is 0 Å². The Morgan fingerprint density at radius 2 is 1.52 bits per heavy atom. The molecule has 136 valence electrons. The highest BCUT2D eigenvalue weighted by Gasteiger charge is 2.47. The van der Waals surface area contributed by atoms with E-state index in [1.807, 2.05) is 6.92 Å². The summed E-state index contributed by atoms with van der Waals surface area (Å²) in [6, 6.07) is 0. The molecule has 0 saturated carbocycles. The summed E-state index contributed by atoms with van der Waals surface area (Å²) in [6.07, 6.45) is -4.96. The molecule has 0 aliphatic carbocycles. The molecule has 9 atom stereocenters. The molecule has 0 aromatic heterocycles. The Morgan fingerprint density at radius 1 is 0.826 bits per heavy atom. The third kappa shape index (κ3) is 4.02. The Morgan fingerprint density at radius 3 is 2.09 bits per heavy atom. The first kappa shape index (κ1) is 19.0. The minimum absolute atomic E-state index is 0.361. The lowest BCUT2D eigenvalue weighted by atomic mass is 9.98. The Labute approximate surface area is 136 Å². The van der Waals surface area contributed by atoms with E-state index in [4.69, 9.17) is 28.4 Å². The van der Waals surface area contributed by atoms with Gasteiger partial charge >= 0.3 is 0 Å². The molecule has 0 aromatic carbocycles. The second-order valence-corrected chi connectivity index (χ2v) is 6.01. The van der Waals surface area contributed by atoms with Gasteiger partial charge in [-0.05, 0) is 13.8 Å². The van der Waals surface area contributed by atoms with Gasteiger partial charge in [0.1, 0.15) is 24.4 Å². The predicted molar refractivity (Wildman–Crippen MR) is 78.8 cm³/mol. The van der Waals surface area contributed by atoms with Crippen molar-refractivity contribution in [3.8, 4) is 0 Å². The fraction of sp³-hybridized carbons (Fsp3) is 1.00. The number of ether oxygens (including phenoxy) is 6. The smallest absolute Gasteiger partial charge is 0.186 e. The van der Waals surface area contributed by atoms with E-state index in [1.165, 1.54) is 14.2 Å². The van der Waals surface area contributed by atoms with Crippen LogP contribution in [0, 0.1) is 0 Å². The monoisotopic (exact) mass is 336 g/mol. The molecule has 23 heavy (non-hydrogen) atoms. The average molecular weight is 336 g/mol. The highest BCUT2D eigenvalue weighted by atomic mass is 16.7. The quantitative estimate of drug-likeness (QED) is 0.703. The topological polar surface area (TPSA) is 95.8 Å². The number of hydrogen-bond donors (Lipinski definition) is 2. The van der Waals surface area contributed by atoms with Gasteiger partial charge in [-0.15, -0.1) is 0 Å². The van der Waals surface area contributed by atoms with Gasteiger partial charge in [0.25, 0.3) is 0 Å². The van der Waals surface area contributed by atoms with E-state index in [0.717, 1.165) is 0 Å². The summed E-state index contributed by atoms with van der Waals surface area (Å²) in [7, 11) is 4.51. The summed E-state index contributed by atoms with van der Waals surface area (Å²) in [6.45, 7) is 3.58. The molecular weight excluding hydrogens is 308 g/mol. The van der Waals surface area contributed by atoms with Crippen molar-refractivity contribution in [2.24, 2.45) is 0 Å². The zero-order valence-electron chi connectivity index (χ0n) is 14.2. The fourth-order valence-corrected chi connectivity index (χ4v) is 3.15. The molecule has 2 fully saturated rings. The summed E-state index contributed by atoms with van der Waals surface area (Å²) in [5.41, 5.74) is 0. The Balaban J connectivity index is 2.05. The van der Waals surface area contributed by atoms with E-state index in [1.54, 1.807) is 14.0 Å². The number of rotatable bonds is 5. The van der Waals surface area contributed by atoms with Crippen LogP contribution in [0.4, 0.5) is 0 Å². The number of hydrogen-bond acceptors (Lipinski definition) is 8. The van der Waals surface area contributed by atoms with Crippen LogP contribution in [-0.2, 0) is 28.4 Å². The largest absolute Gasteiger partial charge is 0.388 e. The van der Waals surface area contributed by atoms with Crippen LogP contribution >= 0.6 is 0 Å². The summed E-state index contributed by atoms with van der Waals surface area (Å²) in [5.74, 6) is 0. The van der Waals surface area contributed by atoms with Gasteiger partial charge in [-0.3, -0.25) is 0 Å². The highest BCUT2D eigenvalue weighted by Crippen LogP contribution is 2.30. The minimum atomic E-state index is -0.976. The molecule has 0 radical (unpaired) electrons. The second kappa shape index (κ2) is 8.17. The standard InChI is InChI=1S/C15H28O8/c1-7-11(16)9(18-3)6-10(21-7)23-13-8(2)22-15(20-5)12(17)14(13)19-4/h7-17H,6H2,1-5H3/t7-,8+,9+,10+,11-,12+,13+,14-,15-/m1/s1. The first-order valence-corrected chi connectivity index (χ1v) is 7.83. The number of aliphatic hydroxyl groups is 2. The average Bonchev–Trinajstić information content (AvgIpc) is 2.54. The van der Waals surface area contributed by atoms with Crippen molar-refractivity contribution in [2.45, 2.75) is 75.6 Å². The van der Waals surface area contributed by atoms with Crippen molar-refractivity contribution >= 4 is 0 Å². The van der Waals surface area contributed by atoms with Crippen LogP contribution in [-0.4, -0.2) is 86.9 Å². The van der Waals surface area contributed by atoms with Crippen molar-refractivity contribution in [1.82, 2.24) is 0 Å². The maximum absolute atomic E-state index is 10.3. The van der Waals surface area contributed by atoms with Crippen molar-refractivity contribution < 1.29 is 38.6 Å². The first-order valence-electron chi connectivity index (χ1n) is 7.83. The third-order valence-corrected chi connectivity index (χ3v) is 4.52. The van der Waals surface area contributed by atoms with E-state index in [-0.39, 0.29) is 12.2 Å². The summed E-state index contributed by atoms with van der Waals surface area (Å²) >= 11 is 0. The van der Waals surface area contributed by atoms with Crippen LogP contribution in [0.3, 0.4) is 0 Å². The highest BCUT2D eigenvalue weighted by molar-refractivity contribution is 4.91. The van der Waals surface area contributed by atoms with Crippen LogP contribution in [0.5, 0.6) is 0 Å². The van der Waals surface area contributed by atoms with Gasteiger partial charge in [-0.1, -0.05) is 0 Å². The van der Waals surface area contributed by atoms with Crippen LogP contribution < -0.4 is 0 Å². The molecule has 2 aliphatic rings. The van der Waals surface area contributed by atoms with E-state index in [2.05, 4.69) is 0 Å². The van der Waals surface area contributed by atoms with Gasteiger partial charge in [-0.25, -0.2) is 0 Å².